The first-order valence-corrected chi connectivity index (χ1v) is 9.60. The topological polar surface area (TPSA) is 49.0 Å². The van der Waals surface area contributed by atoms with Gasteiger partial charge in [0, 0.05) is 40.1 Å². The number of pyridine rings is 1. The van der Waals surface area contributed by atoms with E-state index in [0.717, 1.165) is 16.6 Å². The third kappa shape index (κ3) is 3.97. The van der Waals surface area contributed by atoms with Crippen LogP contribution in [0.4, 0.5) is 4.39 Å². The zero-order chi connectivity index (χ0) is 19.5. The number of aromatic amines is 1. The molecule has 0 saturated heterocycles. The van der Waals surface area contributed by atoms with Crippen LogP contribution in [0.3, 0.4) is 0 Å². The van der Waals surface area contributed by atoms with E-state index in [1.165, 1.54) is 6.07 Å². The molecule has 4 aromatic rings. The van der Waals surface area contributed by atoms with Crippen molar-refractivity contribution in [2.75, 3.05) is 0 Å². The van der Waals surface area contributed by atoms with Crippen LogP contribution in [-0.2, 0) is 13.1 Å². The molecule has 0 aliphatic rings. The fourth-order valence-corrected chi connectivity index (χ4v) is 3.44. The predicted molar refractivity (Wildman–Crippen MR) is 110 cm³/mol. The number of halogens is 2. The average molecular weight is 438 g/mol. The van der Waals surface area contributed by atoms with Crippen molar-refractivity contribution in [1.29, 1.82) is 0 Å². The van der Waals surface area contributed by atoms with Crippen molar-refractivity contribution in [3.8, 4) is 0 Å². The molecule has 0 aliphatic heterocycles. The van der Waals surface area contributed by atoms with E-state index in [1.54, 1.807) is 29.3 Å². The molecule has 4 nitrogen and oxygen atoms in total. The van der Waals surface area contributed by atoms with E-state index in [9.17, 15) is 9.18 Å². The van der Waals surface area contributed by atoms with Gasteiger partial charge in [-0.25, -0.2) is 4.39 Å². The van der Waals surface area contributed by atoms with E-state index < -0.39 is 0 Å². The quantitative estimate of drug-likeness (QED) is 0.459. The summed E-state index contributed by atoms with van der Waals surface area (Å²) in [4.78, 5) is 22.3. The highest BCUT2D eigenvalue weighted by Crippen LogP contribution is 2.21. The highest BCUT2D eigenvalue weighted by Gasteiger charge is 2.19. The Bertz CT molecular complexity index is 1130. The van der Waals surface area contributed by atoms with Crippen LogP contribution in [0, 0.1) is 5.82 Å². The fraction of sp³-hybridized carbons (Fsp3) is 0.0909. The highest BCUT2D eigenvalue weighted by atomic mass is 79.9. The minimum Gasteiger partial charge on any atom is -0.361 e. The molecule has 0 aliphatic carbocycles. The Labute approximate surface area is 170 Å². The predicted octanol–water partition coefficient (Wildman–Crippen LogP) is 5.31. The molecule has 0 unspecified atom stereocenters. The Hall–Kier alpha value is -2.99. The van der Waals surface area contributed by atoms with Gasteiger partial charge in [0.25, 0.3) is 5.91 Å². The number of hydrogen-bond donors (Lipinski definition) is 1. The number of carbonyl (C=O) groups excluding carboxylic acids is 1. The lowest BCUT2D eigenvalue weighted by molar-refractivity contribution is 0.0726. The third-order valence-electron chi connectivity index (χ3n) is 4.54. The Kier molecular flexibility index (Phi) is 5.21. The van der Waals surface area contributed by atoms with Crippen molar-refractivity contribution in [2.45, 2.75) is 13.1 Å². The first-order chi connectivity index (χ1) is 13.6. The lowest BCUT2D eigenvalue weighted by atomic mass is 10.1. The van der Waals surface area contributed by atoms with Gasteiger partial charge in [0.05, 0.1) is 12.2 Å². The van der Waals surface area contributed by atoms with Crippen LogP contribution in [0.15, 0.2) is 77.5 Å². The summed E-state index contributed by atoms with van der Waals surface area (Å²) in [6.07, 6.45) is 3.52. The lowest BCUT2D eigenvalue weighted by Gasteiger charge is -2.23. The van der Waals surface area contributed by atoms with E-state index in [2.05, 4.69) is 25.9 Å². The number of rotatable bonds is 5. The molecule has 0 radical (unpaired) electrons. The van der Waals surface area contributed by atoms with Crippen molar-refractivity contribution in [1.82, 2.24) is 14.9 Å². The summed E-state index contributed by atoms with van der Waals surface area (Å²) in [6.45, 7) is 0.440. The minimum absolute atomic E-state index is 0.150. The second-order valence-electron chi connectivity index (χ2n) is 6.50. The summed E-state index contributed by atoms with van der Waals surface area (Å²) in [7, 11) is 0. The molecular weight excluding hydrogens is 421 g/mol. The van der Waals surface area contributed by atoms with E-state index in [0.29, 0.717) is 15.6 Å². The second-order valence-corrected chi connectivity index (χ2v) is 7.41. The number of aromatic nitrogens is 2. The molecule has 28 heavy (non-hydrogen) atoms. The van der Waals surface area contributed by atoms with Gasteiger partial charge in [-0.05, 0) is 47.9 Å². The largest absolute Gasteiger partial charge is 0.361 e. The summed E-state index contributed by atoms with van der Waals surface area (Å²) in [5, 5.41) is 1.03. The van der Waals surface area contributed by atoms with Crippen LogP contribution in [0.5, 0.6) is 0 Å². The van der Waals surface area contributed by atoms with Crippen molar-refractivity contribution in [3.63, 3.8) is 0 Å². The summed E-state index contributed by atoms with van der Waals surface area (Å²) in [5.41, 5.74) is 2.63. The molecule has 2 heterocycles. The van der Waals surface area contributed by atoms with Crippen LogP contribution in [0.1, 0.15) is 21.6 Å². The molecule has 1 amide bonds. The second kappa shape index (κ2) is 7.94. The van der Waals surface area contributed by atoms with Gasteiger partial charge in [0.1, 0.15) is 5.82 Å². The van der Waals surface area contributed by atoms with Gasteiger partial charge in [0.2, 0.25) is 0 Å². The fourth-order valence-electron chi connectivity index (χ4n) is 3.11. The number of fused-ring (bicyclic) bond motifs is 1. The van der Waals surface area contributed by atoms with Crippen molar-refractivity contribution < 1.29 is 9.18 Å². The number of nitrogens with zero attached hydrogens (tertiary/aromatic N) is 2. The Balaban J connectivity index is 1.67. The van der Waals surface area contributed by atoms with Gasteiger partial charge in [-0.3, -0.25) is 9.78 Å². The summed E-state index contributed by atoms with van der Waals surface area (Å²) in [6, 6.07) is 17.9. The first kappa shape index (κ1) is 18.4. The number of nitrogens with one attached hydrogen (secondary N) is 1. The van der Waals surface area contributed by atoms with Gasteiger partial charge < -0.3 is 9.88 Å². The number of amides is 1. The normalized spacial score (nSPS) is 10.9. The molecule has 140 valence electrons. The SMILES string of the molecule is O=C(c1ccc2cc[nH]c2c1)N(Cc1ccccn1)Cc1ccc(Br)cc1F. The number of hydrogen-bond acceptors (Lipinski definition) is 2. The molecule has 0 saturated carbocycles. The van der Waals surface area contributed by atoms with Crippen LogP contribution < -0.4 is 0 Å². The molecule has 0 bridgehead atoms. The maximum Gasteiger partial charge on any atom is 0.254 e. The highest BCUT2D eigenvalue weighted by molar-refractivity contribution is 9.10. The molecule has 0 fully saturated rings. The number of H-pyrrole nitrogens is 1. The number of carbonyl (C=O) groups is 1. The summed E-state index contributed by atoms with van der Waals surface area (Å²) < 4.78 is 15.1. The van der Waals surface area contributed by atoms with Crippen molar-refractivity contribution >= 4 is 32.7 Å². The van der Waals surface area contributed by atoms with Gasteiger partial charge in [-0.2, -0.15) is 0 Å². The molecule has 2 aromatic carbocycles. The molecule has 0 spiro atoms. The Morgan fingerprint density at radius 3 is 2.75 bits per heavy atom. The van der Waals surface area contributed by atoms with E-state index in [4.69, 9.17) is 0 Å². The molecule has 6 heteroatoms. The summed E-state index contributed by atoms with van der Waals surface area (Å²) >= 11 is 3.27. The maximum atomic E-state index is 14.4. The van der Waals surface area contributed by atoms with Crippen LogP contribution in [0.2, 0.25) is 0 Å². The molecule has 4 rings (SSSR count). The standard InChI is InChI=1S/C22H17BrFN3O/c23-18-7-6-17(20(24)12-18)13-27(14-19-3-1-2-9-25-19)22(28)16-5-4-15-8-10-26-21(15)11-16/h1-12,26H,13-14H2. The van der Waals surface area contributed by atoms with Crippen molar-refractivity contribution in [2.24, 2.45) is 0 Å². The molecular formula is C22H17BrFN3O. The van der Waals surface area contributed by atoms with E-state index >= 15 is 0 Å². The zero-order valence-corrected chi connectivity index (χ0v) is 16.5. The number of benzene rings is 2. The molecule has 2 aromatic heterocycles. The zero-order valence-electron chi connectivity index (χ0n) is 14.9. The monoisotopic (exact) mass is 437 g/mol. The average Bonchev–Trinajstić information content (AvgIpc) is 3.17. The van der Waals surface area contributed by atoms with Crippen LogP contribution >= 0.6 is 15.9 Å². The van der Waals surface area contributed by atoms with Crippen LogP contribution in [0.25, 0.3) is 10.9 Å². The summed E-state index contributed by atoms with van der Waals surface area (Å²) in [5.74, 6) is -0.530. The van der Waals surface area contributed by atoms with E-state index in [-0.39, 0.29) is 24.8 Å². The van der Waals surface area contributed by atoms with Gasteiger partial charge >= 0.3 is 0 Å². The molecule has 1 N–H and O–H groups in total. The first-order valence-electron chi connectivity index (χ1n) is 8.80. The van der Waals surface area contributed by atoms with Gasteiger partial charge in [-0.15, -0.1) is 0 Å². The third-order valence-corrected chi connectivity index (χ3v) is 5.04. The minimum atomic E-state index is -0.354. The Morgan fingerprint density at radius 2 is 1.96 bits per heavy atom. The lowest BCUT2D eigenvalue weighted by Crippen LogP contribution is -2.30. The van der Waals surface area contributed by atoms with Gasteiger partial charge in [-0.1, -0.05) is 34.1 Å². The Morgan fingerprint density at radius 1 is 1.07 bits per heavy atom. The van der Waals surface area contributed by atoms with E-state index in [1.807, 2.05) is 42.6 Å². The van der Waals surface area contributed by atoms with Crippen molar-refractivity contribution in [3.05, 3.63) is 100 Å². The van der Waals surface area contributed by atoms with Gasteiger partial charge in [0.15, 0.2) is 0 Å². The smallest absolute Gasteiger partial charge is 0.254 e. The maximum absolute atomic E-state index is 14.4. The van der Waals surface area contributed by atoms with Crippen LogP contribution in [-0.4, -0.2) is 20.8 Å². The molecule has 0 atom stereocenters.